The highest BCUT2D eigenvalue weighted by Gasteiger charge is 2.22. The molecule has 3 aromatic rings. The molecule has 27 heavy (non-hydrogen) atoms. The number of aromatic nitrogens is 2. The van der Waals surface area contributed by atoms with E-state index in [4.69, 9.17) is 27.6 Å². The van der Waals surface area contributed by atoms with Gasteiger partial charge in [0.1, 0.15) is 0 Å². The molecular formula is C17H13Cl2N3O4S. The van der Waals surface area contributed by atoms with Gasteiger partial charge in [0.15, 0.2) is 9.84 Å². The van der Waals surface area contributed by atoms with Crippen LogP contribution in [0.15, 0.2) is 51.8 Å². The molecule has 1 N–H and O–H groups in total. The van der Waals surface area contributed by atoms with Gasteiger partial charge < -0.3 is 4.42 Å². The van der Waals surface area contributed by atoms with E-state index >= 15 is 0 Å². The van der Waals surface area contributed by atoms with Crippen molar-refractivity contribution in [2.75, 3.05) is 11.1 Å². The van der Waals surface area contributed by atoms with Crippen molar-refractivity contribution in [2.45, 2.75) is 11.8 Å². The van der Waals surface area contributed by atoms with Gasteiger partial charge in [-0.3, -0.25) is 10.1 Å². The minimum Gasteiger partial charge on any atom is -0.403 e. The van der Waals surface area contributed by atoms with Gasteiger partial charge in [-0.2, -0.15) is 0 Å². The van der Waals surface area contributed by atoms with E-state index in [2.05, 4.69) is 15.5 Å². The molecule has 0 fully saturated rings. The normalized spacial score (nSPS) is 11.4. The molecule has 0 saturated carbocycles. The molecule has 2 aromatic carbocycles. The van der Waals surface area contributed by atoms with Crippen LogP contribution < -0.4 is 5.32 Å². The first-order valence-corrected chi connectivity index (χ1v) is 10.1. The Balaban J connectivity index is 1.88. The monoisotopic (exact) mass is 425 g/mol. The van der Waals surface area contributed by atoms with Crippen LogP contribution in [0.1, 0.15) is 17.3 Å². The highest BCUT2D eigenvalue weighted by molar-refractivity contribution is 7.91. The summed E-state index contributed by atoms with van der Waals surface area (Å²) < 4.78 is 29.8. The summed E-state index contributed by atoms with van der Waals surface area (Å²) in [7, 11) is -3.57. The van der Waals surface area contributed by atoms with Crippen molar-refractivity contribution in [2.24, 2.45) is 0 Å². The zero-order valence-electron chi connectivity index (χ0n) is 13.9. The molecule has 0 saturated heterocycles. The average molecular weight is 426 g/mol. The lowest BCUT2D eigenvalue weighted by molar-refractivity contribution is 0.102. The molecular weight excluding hydrogens is 413 g/mol. The number of sulfone groups is 1. The number of carbonyl (C=O) groups is 1. The summed E-state index contributed by atoms with van der Waals surface area (Å²) in [5.41, 5.74) is 0.437. The van der Waals surface area contributed by atoms with Crippen LogP contribution in [0.3, 0.4) is 0 Å². The first kappa shape index (κ1) is 19.3. The van der Waals surface area contributed by atoms with E-state index in [-0.39, 0.29) is 28.1 Å². The largest absolute Gasteiger partial charge is 0.403 e. The van der Waals surface area contributed by atoms with Crippen molar-refractivity contribution >= 4 is 45.0 Å². The Kier molecular flexibility index (Phi) is 5.50. The fourth-order valence-corrected chi connectivity index (χ4v) is 3.87. The number of nitrogens with zero attached hydrogens (tertiary/aromatic N) is 2. The molecule has 3 rings (SSSR count). The zero-order chi connectivity index (χ0) is 19.6. The lowest BCUT2D eigenvalue weighted by Crippen LogP contribution is -2.17. The summed E-state index contributed by atoms with van der Waals surface area (Å²) in [6.07, 6.45) is 0. The average Bonchev–Trinajstić information content (AvgIpc) is 3.09. The molecule has 0 radical (unpaired) electrons. The van der Waals surface area contributed by atoms with Gasteiger partial charge in [-0.1, -0.05) is 47.4 Å². The maximum atomic E-state index is 12.5. The fourth-order valence-electron chi connectivity index (χ4n) is 2.29. The summed E-state index contributed by atoms with van der Waals surface area (Å²) in [5, 5.41) is 10.7. The molecule has 7 nitrogen and oxygen atoms in total. The van der Waals surface area contributed by atoms with Crippen molar-refractivity contribution in [1.82, 2.24) is 10.2 Å². The van der Waals surface area contributed by atoms with E-state index < -0.39 is 15.7 Å². The van der Waals surface area contributed by atoms with Gasteiger partial charge in [0.25, 0.3) is 11.8 Å². The van der Waals surface area contributed by atoms with Gasteiger partial charge in [0, 0.05) is 5.02 Å². The predicted octanol–water partition coefficient (Wildman–Crippen LogP) is 4.09. The highest BCUT2D eigenvalue weighted by Crippen LogP contribution is 2.30. The molecule has 0 spiro atoms. The first-order chi connectivity index (χ1) is 12.8. The maximum absolute atomic E-state index is 12.5. The Morgan fingerprint density at radius 2 is 1.89 bits per heavy atom. The Bertz CT molecular complexity index is 1110. The predicted molar refractivity (Wildman–Crippen MR) is 102 cm³/mol. The summed E-state index contributed by atoms with van der Waals surface area (Å²) in [5.74, 6) is -0.724. The van der Waals surface area contributed by atoms with Crippen LogP contribution >= 0.6 is 23.2 Å². The first-order valence-electron chi connectivity index (χ1n) is 7.74. The Morgan fingerprint density at radius 3 is 2.59 bits per heavy atom. The molecule has 1 heterocycles. The third-order valence-corrected chi connectivity index (χ3v) is 5.99. The number of halogens is 2. The van der Waals surface area contributed by atoms with E-state index in [0.29, 0.717) is 15.6 Å². The van der Waals surface area contributed by atoms with Gasteiger partial charge in [0.2, 0.25) is 0 Å². The third kappa shape index (κ3) is 4.13. The summed E-state index contributed by atoms with van der Waals surface area (Å²) in [6, 6.07) is 10.4. The summed E-state index contributed by atoms with van der Waals surface area (Å²) >= 11 is 11.9. The second-order valence-electron chi connectivity index (χ2n) is 5.39. The van der Waals surface area contributed by atoms with Crippen LogP contribution in [-0.4, -0.2) is 30.3 Å². The van der Waals surface area contributed by atoms with Crippen molar-refractivity contribution < 1.29 is 17.6 Å². The molecule has 0 atom stereocenters. The highest BCUT2D eigenvalue weighted by atomic mass is 35.5. The Hall–Kier alpha value is -2.42. The Morgan fingerprint density at radius 1 is 1.15 bits per heavy atom. The number of hydrogen-bond acceptors (Lipinski definition) is 6. The van der Waals surface area contributed by atoms with E-state index in [9.17, 15) is 13.2 Å². The Labute approximate surface area is 165 Å². The van der Waals surface area contributed by atoms with Crippen LogP contribution in [0.2, 0.25) is 10.0 Å². The molecule has 0 aliphatic rings. The van der Waals surface area contributed by atoms with Crippen molar-refractivity contribution in [3.05, 3.63) is 58.1 Å². The molecule has 0 bridgehead atoms. The van der Waals surface area contributed by atoms with Crippen LogP contribution in [-0.2, 0) is 9.84 Å². The zero-order valence-corrected chi connectivity index (χ0v) is 16.3. The molecule has 1 amide bonds. The molecule has 10 heteroatoms. The summed E-state index contributed by atoms with van der Waals surface area (Å²) in [4.78, 5) is 12.4. The van der Waals surface area contributed by atoms with Crippen LogP contribution in [0.5, 0.6) is 0 Å². The van der Waals surface area contributed by atoms with Crippen molar-refractivity contribution in [3.63, 3.8) is 0 Å². The lowest BCUT2D eigenvalue weighted by atomic mass is 10.2. The molecule has 0 aliphatic carbocycles. The van der Waals surface area contributed by atoms with Gasteiger partial charge in [0.05, 0.1) is 26.8 Å². The standard InChI is InChI=1S/C17H13Cl2N3O4S/c1-2-27(24,25)14-6-4-3-5-12(14)15(23)20-17-22-21-16(26-17)11-8-7-10(18)9-13(11)19/h3-9H,2H2,1H3,(H,20,22,23). The number of amides is 1. The van der Waals surface area contributed by atoms with E-state index in [0.717, 1.165) is 0 Å². The molecule has 0 unspecified atom stereocenters. The van der Waals surface area contributed by atoms with E-state index in [1.54, 1.807) is 24.3 Å². The van der Waals surface area contributed by atoms with Gasteiger partial charge >= 0.3 is 6.01 Å². The third-order valence-electron chi connectivity index (χ3n) is 3.65. The van der Waals surface area contributed by atoms with Gasteiger partial charge in [-0.05, 0) is 30.3 Å². The number of benzene rings is 2. The topological polar surface area (TPSA) is 102 Å². The smallest absolute Gasteiger partial charge is 0.322 e. The van der Waals surface area contributed by atoms with E-state index in [1.165, 1.54) is 25.1 Å². The van der Waals surface area contributed by atoms with Crippen molar-refractivity contribution in [1.29, 1.82) is 0 Å². The molecule has 0 aliphatic heterocycles. The number of rotatable bonds is 5. The SMILES string of the molecule is CCS(=O)(=O)c1ccccc1C(=O)Nc1nnc(-c2ccc(Cl)cc2Cl)o1. The second-order valence-corrected chi connectivity index (χ2v) is 8.48. The van der Waals surface area contributed by atoms with E-state index in [1.807, 2.05) is 0 Å². The number of carbonyl (C=O) groups excluding carboxylic acids is 1. The van der Waals surface area contributed by atoms with Crippen LogP contribution in [0, 0.1) is 0 Å². The number of nitrogens with one attached hydrogen (secondary N) is 1. The van der Waals surface area contributed by atoms with Gasteiger partial charge in [-0.15, -0.1) is 5.10 Å². The fraction of sp³-hybridized carbons (Fsp3) is 0.118. The second kappa shape index (κ2) is 7.67. The molecule has 1 aromatic heterocycles. The summed E-state index contributed by atoms with van der Waals surface area (Å²) in [6.45, 7) is 1.50. The lowest BCUT2D eigenvalue weighted by Gasteiger charge is -2.07. The minimum absolute atomic E-state index is 0.0105. The maximum Gasteiger partial charge on any atom is 0.322 e. The van der Waals surface area contributed by atoms with Gasteiger partial charge in [-0.25, -0.2) is 8.42 Å². The number of hydrogen-bond donors (Lipinski definition) is 1. The van der Waals surface area contributed by atoms with Crippen LogP contribution in [0.4, 0.5) is 6.01 Å². The minimum atomic E-state index is -3.57. The molecule has 140 valence electrons. The number of anilines is 1. The van der Waals surface area contributed by atoms with Crippen LogP contribution in [0.25, 0.3) is 11.5 Å². The quantitative estimate of drug-likeness (QED) is 0.660. The van der Waals surface area contributed by atoms with Crippen molar-refractivity contribution in [3.8, 4) is 11.5 Å².